The highest BCUT2D eigenvalue weighted by Crippen LogP contribution is 2.01. The van der Waals surface area contributed by atoms with Gasteiger partial charge in [-0.25, -0.2) is 9.36 Å². The van der Waals surface area contributed by atoms with E-state index in [0.29, 0.717) is 6.61 Å². The van der Waals surface area contributed by atoms with Gasteiger partial charge in [0.1, 0.15) is 7.05 Å². The van der Waals surface area contributed by atoms with Crippen LogP contribution in [0.15, 0.2) is 30.6 Å². The molecule has 0 amide bonds. The molecule has 0 fully saturated rings. The van der Waals surface area contributed by atoms with E-state index in [1.807, 2.05) is 36.1 Å². The van der Waals surface area contributed by atoms with E-state index in [1.165, 1.54) is 18.9 Å². The van der Waals surface area contributed by atoms with E-state index < -0.39 is 0 Å². The van der Waals surface area contributed by atoms with Crippen LogP contribution in [0.3, 0.4) is 0 Å². The number of aryl methyl sites for hydroxylation is 1. The van der Waals surface area contributed by atoms with E-state index in [9.17, 15) is 4.79 Å². The van der Waals surface area contributed by atoms with E-state index in [0.717, 1.165) is 18.4 Å². The summed E-state index contributed by atoms with van der Waals surface area (Å²) in [6, 6.07) is 3.90. The zero-order valence-corrected chi connectivity index (χ0v) is 11.3. The van der Waals surface area contributed by atoms with Gasteiger partial charge in [0.2, 0.25) is 0 Å². The van der Waals surface area contributed by atoms with Crippen LogP contribution in [-0.2, 0) is 16.6 Å². The Morgan fingerprint density at radius 3 is 2.67 bits per heavy atom. The molecule has 18 heavy (non-hydrogen) atoms. The zero-order chi connectivity index (χ0) is 13.2. The molecule has 1 heterocycles. The summed E-state index contributed by atoms with van der Waals surface area (Å²) in [6.45, 7) is 2.68. The molecule has 0 aromatic carbocycles. The molecule has 0 unspecified atom stereocenters. The minimum atomic E-state index is -0.264. The van der Waals surface area contributed by atoms with Crippen molar-refractivity contribution in [1.82, 2.24) is 0 Å². The number of esters is 1. The molecule has 0 N–H and O–H groups in total. The van der Waals surface area contributed by atoms with E-state index in [2.05, 4.69) is 6.92 Å². The van der Waals surface area contributed by atoms with Gasteiger partial charge in [-0.1, -0.05) is 26.2 Å². The Balaban J connectivity index is 2.25. The molecule has 1 aromatic rings. The monoisotopic (exact) mass is 248 g/mol. The first-order chi connectivity index (χ1) is 8.72. The molecule has 0 aliphatic rings. The van der Waals surface area contributed by atoms with Crippen molar-refractivity contribution < 1.29 is 14.1 Å². The number of rotatable bonds is 7. The summed E-state index contributed by atoms with van der Waals surface area (Å²) in [5.74, 6) is -0.264. The minimum absolute atomic E-state index is 0.264. The molecule has 3 nitrogen and oxygen atoms in total. The molecule has 0 bridgehead atoms. The summed E-state index contributed by atoms with van der Waals surface area (Å²) in [4.78, 5) is 11.4. The van der Waals surface area contributed by atoms with Gasteiger partial charge in [-0.15, -0.1) is 0 Å². The average molecular weight is 248 g/mol. The molecule has 0 aliphatic carbocycles. The van der Waals surface area contributed by atoms with Gasteiger partial charge in [-0.05, 0) is 18.1 Å². The molecule has 0 aliphatic heterocycles. The number of carbonyl (C=O) groups is 1. The lowest BCUT2D eigenvalue weighted by Crippen LogP contribution is -2.25. The Morgan fingerprint density at radius 1 is 1.28 bits per heavy atom. The van der Waals surface area contributed by atoms with Crippen molar-refractivity contribution in [3.63, 3.8) is 0 Å². The average Bonchev–Trinajstić information content (AvgIpc) is 2.38. The number of nitrogens with zero attached hydrogens (tertiary/aromatic N) is 1. The largest absolute Gasteiger partial charge is 0.463 e. The molecule has 1 aromatic heterocycles. The van der Waals surface area contributed by atoms with Crippen LogP contribution in [0.5, 0.6) is 0 Å². The molecule has 0 saturated carbocycles. The SMILES string of the molecule is CCCCCCOC(=O)/C=C/c1cc[n+](C)cc1. The van der Waals surface area contributed by atoms with E-state index in [4.69, 9.17) is 4.74 Å². The fourth-order valence-electron chi connectivity index (χ4n) is 1.54. The highest BCUT2D eigenvalue weighted by molar-refractivity contribution is 5.86. The van der Waals surface area contributed by atoms with Crippen molar-refractivity contribution in [2.75, 3.05) is 6.61 Å². The number of carbonyl (C=O) groups excluding carboxylic acids is 1. The summed E-state index contributed by atoms with van der Waals surface area (Å²) < 4.78 is 7.05. The predicted octanol–water partition coefficient (Wildman–Crippen LogP) is 2.65. The van der Waals surface area contributed by atoms with Crippen molar-refractivity contribution in [3.05, 3.63) is 36.2 Å². The maximum atomic E-state index is 11.4. The van der Waals surface area contributed by atoms with Crippen LogP contribution in [0, 0.1) is 0 Å². The maximum Gasteiger partial charge on any atom is 0.330 e. The Bertz CT molecular complexity index is 382. The predicted molar refractivity (Wildman–Crippen MR) is 71.8 cm³/mol. The molecule has 0 saturated heterocycles. The van der Waals surface area contributed by atoms with E-state index in [-0.39, 0.29) is 5.97 Å². The lowest BCUT2D eigenvalue weighted by molar-refractivity contribution is -0.671. The summed E-state index contributed by atoms with van der Waals surface area (Å²) >= 11 is 0. The lowest BCUT2D eigenvalue weighted by atomic mass is 10.2. The van der Waals surface area contributed by atoms with Gasteiger partial charge in [-0.2, -0.15) is 0 Å². The third-order valence-electron chi connectivity index (χ3n) is 2.66. The molecule has 0 spiro atoms. The first-order valence-corrected chi connectivity index (χ1v) is 6.52. The second-order valence-corrected chi connectivity index (χ2v) is 4.36. The van der Waals surface area contributed by atoms with Crippen LogP contribution in [0.1, 0.15) is 38.2 Å². The van der Waals surface area contributed by atoms with Gasteiger partial charge >= 0.3 is 5.97 Å². The van der Waals surface area contributed by atoms with Crippen LogP contribution in [0.4, 0.5) is 0 Å². The molecular weight excluding hydrogens is 226 g/mol. The van der Waals surface area contributed by atoms with E-state index >= 15 is 0 Å². The first kappa shape index (κ1) is 14.4. The van der Waals surface area contributed by atoms with Gasteiger partial charge in [-0.3, -0.25) is 0 Å². The van der Waals surface area contributed by atoms with Crippen molar-refractivity contribution >= 4 is 12.0 Å². The number of aromatic nitrogens is 1. The molecule has 3 heteroatoms. The second-order valence-electron chi connectivity index (χ2n) is 4.36. The van der Waals surface area contributed by atoms with Crippen LogP contribution in [0.25, 0.3) is 6.08 Å². The fraction of sp³-hybridized carbons (Fsp3) is 0.467. The molecule has 98 valence electrons. The van der Waals surface area contributed by atoms with Crippen LogP contribution < -0.4 is 4.57 Å². The van der Waals surface area contributed by atoms with Crippen LogP contribution in [-0.4, -0.2) is 12.6 Å². The van der Waals surface area contributed by atoms with Gasteiger partial charge in [0.25, 0.3) is 0 Å². The molecule has 1 rings (SSSR count). The summed E-state index contributed by atoms with van der Waals surface area (Å²) in [6.07, 6.45) is 11.6. The second kappa shape index (κ2) is 8.45. The number of hydrogen-bond acceptors (Lipinski definition) is 2. The zero-order valence-electron chi connectivity index (χ0n) is 11.3. The van der Waals surface area contributed by atoms with Crippen LogP contribution >= 0.6 is 0 Å². The summed E-state index contributed by atoms with van der Waals surface area (Å²) in [5, 5.41) is 0. The Labute approximate surface area is 109 Å². The maximum absolute atomic E-state index is 11.4. The van der Waals surface area contributed by atoms with Crippen molar-refractivity contribution in [1.29, 1.82) is 0 Å². The Hall–Kier alpha value is -1.64. The smallest absolute Gasteiger partial charge is 0.330 e. The standard InChI is InChI=1S/C15H22NO2/c1-3-4-5-6-13-18-15(17)8-7-14-9-11-16(2)12-10-14/h7-12H,3-6,13H2,1-2H3/q+1/b8-7+. The Morgan fingerprint density at radius 2 is 2.00 bits per heavy atom. The third-order valence-corrected chi connectivity index (χ3v) is 2.66. The van der Waals surface area contributed by atoms with Crippen molar-refractivity contribution in [2.45, 2.75) is 32.6 Å². The van der Waals surface area contributed by atoms with Gasteiger partial charge < -0.3 is 4.74 Å². The topological polar surface area (TPSA) is 30.2 Å². The quantitative estimate of drug-likeness (QED) is 0.321. The van der Waals surface area contributed by atoms with Gasteiger partial charge in [0, 0.05) is 18.2 Å². The first-order valence-electron chi connectivity index (χ1n) is 6.52. The Kier molecular flexibility index (Phi) is 6.77. The van der Waals surface area contributed by atoms with Crippen LogP contribution in [0.2, 0.25) is 0 Å². The number of ether oxygens (including phenoxy) is 1. The number of pyridine rings is 1. The highest BCUT2D eigenvalue weighted by atomic mass is 16.5. The highest BCUT2D eigenvalue weighted by Gasteiger charge is 1.97. The lowest BCUT2D eigenvalue weighted by Gasteiger charge is -2.00. The van der Waals surface area contributed by atoms with Gasteiger partial charge in [0.05, 0.1) is 6.61 Å². The minimum Gasteiger partial charge on any atom is -0.463 e. The fourth-order valence-corrected chi connectivity index (χ4v) is 1.54. The number of hydrogen-bond donors (Lipinski definition) is 0. The third kappa shape index (κ3) is 6.18. The molecular formula is C15H22NO2+. The summed E-state index contributed by atoms with van der Waals surface area (Å²) in [5.41, 5.74) is 0.996. The van der Waals surface area contributed by atoms with Crippen molar-refractivity contribution in [2.24, 2.45) is 7.05 Å². The number of unbranched alkanes of at least 4 members (excludes halogenated alkanes) is 3. The molecule has 0 radical (unpaired) electrons. The van der Waals surface area contributed by atoms with Gasteiger partial charge in [0.15, 0.2) is 12.4 Å². The molecule has 0 atom stereocenters. The summed E-state index contributed by atoms with van der Waals surface area (Å²) in [7, 11) is 1.96. The van der Waals surface area contributed by atoms with Crippen molar-refractivity contribution in [3.8, 4) is 0 Å². The van der Waals surface area contributed by atoms with E-state index in [1.54, 1.807) is 6.08 Å². The normalized spacial score (nSPS) is 10.8.